The van der Waals surface area contributed by atoms with Crippen molar-refractivity contribution in [3.8, 4) is 0 Å². The van der Waals surface area contributed by atoms with Gasteiger partial charge in [-0.3, -0.25) is 12.2 Å². The summed E-state index contributed by atoms with van der Waals surface area (Å²) in [5.74, 6) is 0. The first-order valence-corrected chi connectivity index (χ1v) is 14.5. The number of rotatable bonds is 4. The Morgan fingerprint density at radius 1 is 0.679 bits per heavy atom. The van der Waals surface area contributed by atoms with Crippen molar-refractivity contribution in [2.24, 2.45) is 0 Å². The molecule has 2 aromatic rings. The van der Waals surface area contributed by atoms with Crippen molar-refractivity contribution in [1.82, 2.24) is 0 Å². The summed E-state index contributed by atoms with van der Waals surface area (Å²) in [6, 6.07) is 24.4. The van der Waals surface area contributed by atoms with Gasteiger partial charge in [0.05, 0.1) is 0 Å². The van der Waals surface area contributed by atoms with Gasteiger partial charge in [0.15, 0.2) is 0 Å². The minimum atomic E-state index is -0.204. The van der Waals surface area contributed by atoms with Gasteiger partial charge in [0.1, 0.15) is 0 Å². The molecule has 0 N–H and O–H groups in total. The van der Waals surface area contributed by atoms with Gasteiger partial charge in [0.25, 0.3) is 0 Å². The Kier molecular flexibility index (Phi) is 17.5. The van der Waals surface area contributed by atoms with E-state index in [9.17, 15) is 0 Å². The van der Waals surface area contributed by atoms with Crippen LogP contribution in [0.4, 0.5) is 0 Å². The van der Waals surface area contributed by atoms with Crippen molar-refractivity contribution in [3.63, 3.8) is 0 Å². The van der Waals surface area contributed by atoms with Crippen molar-refractivity contribution >= 4 is 5.43 Å². The molecule has 4 heteroatoms. The third-order valence-electron chi connectivity index (χ3n) is 3.69. The summed E-state index contributed by atoms with van der Waals surface area (Å²) in [7, 11) is 0. The van der Waals surface area contributed by atoms with E-state index in [4.69, 9.17) is 0 Å². The summed E-state index contributed by atoms with van der Waals surface area (Å²) in [5, 5.41) is 0. The molecule has 0 fully saturated rings. The predicted octanol–water partition coefficient (Wildman–Crippen LogP) is -0.292. The van der Waals surface area contributed by atoms with Crippen LogP contribution < -0.4 is 24.8 Å². The van der Waals surface area contributed by atoms with Gasteiger partial charge in [-0.2, -0.15) is 12.2 Å². The van der Waals surface area contributed by atoms with Gasteiger partial charge in [-0.15, -0.1) is 12.8 Å². The van der Waals surface area contributed by atoms with Crippen molar-refractivity contribution < 1.29 is 48.1 Å². The summed E-state index contributed by atoms with van der Waals surface area (Å²) < 4.78 is 0. The fourth-order valence-corrected chi connectivity index (χ4v) is 7.02. The summed E-state index contributed by atoms with van der Waals surface area (Å²) in [5.41, 5.74) is 2.80. The number of halogens is 2. The van der Waals surface area contributed by atoms with Crippen LogP contribution in [-0.2, 0) is 35.4 Å². The van der Waals surface area contributed by atoms with Crippen molar-refractivity contribution in [2.75, 3.05) is 0 Å². The third-order valence-corrected chi connectivity index (χ3v) is 7.97. The molecule has 0 atom stereocenters. The standard InChI is InChI=1S/C14H14Si.2C5H5.2ClH.Zr/c1-3-7-13(8-4-1)11-15-12-14-9-5-2-6-10-14;2*1-2-4-5-3-1;;;/h1-10H,11-12H2;2*1-3H,4H2;2*1H;/q;2*-1;;;+2/p-2. The number of allylic oxidation sites excluding steroid dienone is 8. The molecule has 0 heterocycles. The molecule has 28 heavy (non-hydrogen) atoms. The second-order valence-corrected chi connectivity index (χ2v) is 13.1. The first kappa shape index (κ1) is 27.1. The van der Waals surface area contributed by atoms with E-state index in [2.05, 4.69) is 85.0 Å². The van der Waals surface area contributed by atoms with Crippen LogP contribution in [0.2, 0.25) is 0 Å². The second kappa shape index (κ2) is 18.1. The maximum absolute atomic E-state index is 2.99. The molecule has 2 aliphatic rings. The van der Waals surface area contributed by atoms with Gasteiger partial charge >= 0.3 is 113 Å². The quantitative estimate of drug-likeness (QED) is 0.398. The normalized spacial score (nSPS) is 12.1. The Morgan fingerprint density at radius 3 is 1.32 bits per heavy atom. The summed E-state index contributed by atoms with van der Waals surface area (Å²) in [4.78, 5) is 0. The van der Waals surface area contributed by atoms with Crippen molar-refractivity contribution in [2.45, 2.75) is 24.9 Å². The van der Waals surface area contributed by atoms with Gasteiger partial charge < -0.3 is 24.8 Å². The van der Waals surface area contributed by atoms with Gasteiger partial charge in [-0.25, -0.2) is 24.3 Å². The maximum atomic E-state index is 2.99. The number of hydrogen-bond donors (Lipinski definition) is 0. The van der Waals surface area contributed by atoms with E-state index in [0.717, 1.165) is 12.8 Å². The van der Waals surface area contributed by atoms with Gasteiger partial charge in [0.2, 0.25) is 0 Å². The molecular weight excluding hydrogens is 478 g/mol. The van der Waals surface area contributed by atoms with Gasteiger partial charge in [-0.05, 0) is 0 Å². The zero-order valence-corrected chi connectivity index (χ0v) is 20.8. The monoisotopic (exact) mass is 500 g/mol. The zero-order chi connectivity index (χ0) is 18.3. The third kappa shape index (κ3) is 13.3. The van der Waals surface area contributed by atoms with Crippen LogP contribution in [0.3, 0.4) is 0 Å². The van der Waals surface area contributed by atoms with Crippen LogP contribution in [-0.4, -0.2) is 5.43 Å². The van der Waals surface area contributed by atoms with Crippen LogP contribution >= 0.6 is 0 Å². The molecule has 0 unspecified atom stereocenters. The molecule has 4 rings (SSSR count). The Balaban J connectivity index is 0.000000500. The Morgan fingerprint density at radius 2 is 1.07 bits per heavy atom. The molecule has 2 aromatic carbocycles. The topological polar surface area (TPSA) is 0 Å². The molecule has 0 saturated heterocycles. The summed E-state index contributed by atoms with van der Waals surface area (Å²) in [6.07, 6.45) is 20.0. The Bertz CT molecular complexity index is 680. The van der Waals surface area contributed by atoms with E-state index in [1.54, 1.807) is 23.3 Å². The molecule has 0 nitrogen and oxygen atoms in total. The van der Waals surface area contributed by atoms with Crippen molar-refractivity contribution in [1.29, 1.82) is 0 Å². The molecule has 0 aliphatic heterocycles. The molecule has 0 spiro atoms. The number of benzene rings is 2. The SMILES string of the molecule is [C-]1=CC=CC1.[C-]1=CC=CC1.[Cl-].[Cl-].[Zr+2]=[Si](Cc1ccccc1)Cc1ccccc1. The van der Waals surface area contributed by atoms with Crippen molar-refractivity contribution in [3.05, 3.63) is 120 Å². The van der Waals surface area contributed by atoms with E-state index < -0.39 is 0 Å². The Hall–Kier alpha value is -0.920. The van der Waals surface area contributed by atoms with Crippen LogP contribution in [0.15, 0.2) is 97.1 Å². The fraction of sp³-hybridized carbons (Fsp3) is 0.167. The van der Waals surface area contributed by atoms with Gasteiger partial charge in [-0.1, -0.05) is 0 Å². The Labute approximate surface area is 197 Å². The number of hydrogen-bond acceptors (Lipinski definition) is 0. The average Bonchev–Trinajstić information content (AvgIpc) is 3.42. The first-order chi connectivity index (χ1) is 12.8. The molecular formula is C24H24Cl2SiZr-2. The van der Waals surface area contributed by atoms with Crippen LogP contribution in [0.25, 0.3) is 0 Å². The van der Waals surface area contributed by atoms with Crippen LogP contribution in [0, 0.1) is 12.2 Å². The van der Waals surface area contributed by atoms with E-state index in [1.165, 1.54) is 23.2 Å². The second-order valence-electron chi connectivity index (χ2n) is 5.93. The molecule has 2 aliphatic carbocycles. The fourth-order valence-electron chi connectivity index (χ4n) is 2.43. The van der Waals surface area contributed by atoms with Crippen LogP contribution in [0.5, 0.6) is 0 Å². The van der Waals surface area contributed by atoms with E-state index in [-0.39, 0.29) is 30.2 Å². The van der Waals surface area contributed by atoms with Gasteiger partial charge in [0, 0.05) is 0 Å². The van der Waals surface area contributed by atoms with E-state index in [1.807, 2.05) is 24.3 Å². The first-order valence-electron chi connectivity index (χ1n) is 8.92. The zero-order valence-electron chi connectivity index (χ0n) is 15.8. The summed E-state index contributed by atoms with van der Waals surface area (Å²) >= 11 is 1.73. The molecule has 144 valence electrons. The molecule has 0 amide bonds. The van der Waals surface area contributed by atoms with Crippen LogP contribution in [0.1, 0.15) is 24.0 Å². The molecule has 0 aromatic heterocycles. The minimum absolute atomic E-state index is 0. The molecule has 0 bridgehead atoms. The van der Waals surface area contributed by atoms with E-state index >= 15 is 0 Å². The molecule has 0 radical (unpaired) electrons. The summed E-state index contributed by atoms with van der Waals surface area (Å²) in [6.45, 7) is 0. The molecule has 0 saturated carbocycles. The van der Waals surface area contributed by atoms with E-state index in [0.29, 0.717) is 0 Å². The average molecular weight is 503 g/mol. The predicted molar refractivity (Wildman–Crippen MR) is 109 cm³/mol.